The van der Waals surface area contributed by atoms with E-state index in [1.807, 2.05) is 20.8 Å². The van der Waals surface area contributed by atoms with E-state index in [1.54, 1.807) is 0 Å². The van der Waals surface area contributed by atoms with Crippen molar-refractivity contribution in [1.29, 1.82) is 0 Å². The van der Waals surface area contributed by atoms with Crippen molar-refractivity contribution >= 4 is 5.97 Å². The Morgan fingerprint density at radius 2 is 1.82 bits per heavy atom. The molecule has 2 rings (SSSR count). The lowest BCUT2D eigenvalue weighted by Crippen LogP contribution is -2.25. The Bertz CT molecular complexity index is 412. The number of hydrogen-bond acceptors (Lipinski definition) is 2. The van der Waals surface area contributed by atoms with Crippen LogP contribution in [0.3, 0.4) is 0 Å². The molecule has 0 heterocycles. The second-order valence-corrected chi connectivity index (χ2v) is 5.89. The molecule has 1 aromatic rings. The van der Waals surface area contributed by atoms with Crippen LogP contribution in [-0.4, -0.2) is 11.6 Å². The van der Waals surface area contributed by atoms with Crippen molar-refractivity contribution in [2.24, 2.45) is 5.92 Å². The van der Waals surface area contributed by atoms with Gasteiger partial charge in [-0.05, 0) is 45.6 Å². The maximum absolute atomic E-state index is 11.8. The second-order valence-electron chi connectivity index (χ2n) is 5.89. The van der Waals surface area contributed by atoms with Crippen molar-refractivity contribution in [2.45, 2.75) is 45.6 Å². The fraction of sp³-hybridized carbons (Fsp3) is 0.533. The summed E-state index contributed by atoms with van der Waals surface area (Å²) in [4.78, 5) is 11.8. The summed E-state index contributed by atoms with van der Waals surface area (Å²) in [5, 5.41) is 0. The smallest absolute Gasteiger partial charge is 0.310 e. The molecule has 0 saturated heterocycles. The first-order valence-corrected chi connectivity index (χ1v) is 6.16. The molecular weight excluding hydrogens is 212 g/mol. The van der Waals surface area contributed by atoms with Gasteiger partial charge in [0.25, 0.3) is 0 Å². The summed E-state index contributed by atoms with van der Waals surface area (Å²) >= 11 is 0. The molecule has 2 heteroatoms. The fourth-order valence-electron chi connectivity index (χ4n) is 2.02. The Morgan fingerprint density at radius 3 is 2.35 bits per heavy atom. The van der Waals surface area contributed by atoms with E-state index >= 15 is 0 Å². The molecule has 2 nitrogen and oxygen atoms in total. The van der Waals surface area contributed by atoms with Crippen LogP contribution in [-0.2, 0) is 9.53 Å². The number of carbonyl (C=O) groups is 1. The largest absolute Gasteiger partial charge is 0.460 e. The minimum atomic E-state index is -0.377. The third-order valence-electron chi connectivity index (χ3n) is 3.01. The predicted molar refractivity (Wildman–Crippen MR) is 67.9 cm³/mol. The summed E-state index contributed by atoms with van der Waals surface area (Å²) in [5.74, 6) is 0.380. The molecule has 0 radical (unpaired) electrons. The molecule has 2 atom stereocenters. The highest BCUT2D eigenvalue weighted by Crippen LogP contribution is 2.48. The van der Waals surface area contributed by atoms with Crippen molar-refractivity contribution in [3.63, 3.8) is 0 Å². The standard InChI is InChI=1S/C15H20O2/c1-10-5-7-11(8-6-10)12-9-13(12)14(16)17-15(2,3)4/h5-8,12-13H,9H2,1-4H3/t12-,13+/m1/s1. The van der Waals surface area contributed by atoms with Gasteiger partial charge in [-0.2, -0.15) is 0 Å². The van der Waals surface area contributed by atoms with Gasteiger partial charge >= 0.3 is 5.97 Å². The van der Waals surface area contributed by atoms with Crippen LogP contribution in [0, 0.1) is 12.8 Å². The highest BCUT2D eigenvalue weighted by atomic mass is 16.6. The van der Waals surface area contributed by atoms with Crippen LogP contribution in [0.25, 0.3) is 0 Å². The second kappa shape index (κ2) is 4.17. The molecule has 0 bridgehead atoms. The summed E-state index contributed by atoms with van der Waals surface area (Å²) in [7, 11) is 0. The third-order valence-corrected chi connectivity index (χ3v) is 3.01. The molecule has 1 aliphatic rings. The molecular formula is C15H20O2. The summed E-state index contributed by atoms with van der Waals surface area (Å²) < 4.78 is 5.40. The minimum Gasteiger partial charge on any atom is -0.460 e. The van der Waals surface area contributed by atoms with E-state index in [4.69, 9.17) is 4.74 Å². The number of hydrogen-bond donors (Lipinski definition) is 0. The molecule has 0 spiro atoms. The third kappa shape index (κ3) is 3.09. The number of carbonyl (C=O) groups excluding carboxylic acids is 1. The van der Waals surface area contributed by atoms with Crippen molar-refractivity contribution in [3.05, 3.63) is 35.4 Å². The molecule has 0 N–H and O–H groups in total. The number of rotatable bonds is 2. The van der Waals surface area contributed by atoms with Gasteiger partial charge in [-0.3, -0.25) is 4.79 Å². The molecule has 1 fully saturated rings. The van der Waals surface area contributed by atoms with Crippen LogP contribution in [0.2, 0.25) is 0 Å². The van der Waals surface area contributed by atoms with Gasteiger partial charge < -0.3 is 4.74 Å². The first-order valence-electron chi connectivity index (χ1n) is 6.16. The van der Waals surface area contributed by atoms with Gasteiger partial charge in [0.2, 0.25) is 0 Å². The SMILES string of the molecule is Cc1ccc([C@H]2C[C@@H]2C(=O)OC(C)(C)C)cc1. The number of ether oxygens (including phenoxy) is 1. The highest BCUT2D eigenvalue weighted by Gasteiger charge is 2.46. The molecule has 92 valence electrons. The van der Waals surface area contributed by atoms with Gasteiger partial charge in [0.05, 0.1) is 5.92 Å². The first kappa shape index (κ1) is 12.2. The van der Waals surface area contributed by atoms with E-state index in [0.717, 1.165) is 6.42 Å². The molecule has 0 amide bonds. The minimum absolute atomic E-state index is 0.0527. The quantitative estimate of drug-likeness (QED) is 0.730. The lowest BCUT2D eigenvalue weighted by atomic mass is 10.1. The zero-order valence-electron chi connectivity index (χ0n) is 11.0. The van der Waals surface area contributed by atoms with Gasteiger partial charge in [-0.25, -0.2) is 0 Å². The van der Waals surface area contributed by atoms with Crippen molar-refractivity contribution in [1.82, 2.24) is 0 Å². The molecule has 1 saturated carbocycles. The lowest BCUT2D eigenvalue weighted by Gasteiger charge is -2.19. The van der Waals surface area contributed by atoms with E-state index in [1.165, 1.54) is 11.1 Å². The molecule has 1 aromatic carbocycles. The fourth-order valence-corrected chi connectivity index (χ4v) is 2.02. The monoisotopic (exact) mass is 232 g/mol. The molecule has 0 aromatic heterocycles. The highest BCUT2D eigenvalue weighted by molar-refractivity contribution is 5.77. The van der Waals surface area contributed by atoms with Crippen LogP contribution >= 0.6 is 0 Å². The van der Waals surface area contributed by atoms with Crippen molar-refractivity contribution < 1.29 is 9.53 Å². The number of esters is 1. The molecule has 17 heavy (non-hydrogen) atoms. The summed E-state index contributed by atoms with van der Waals surface area (Å²) in [6.45, 7) is 7.80. The van der Waals surface area contributed by atoms with Crippen LogP contribution < -0.4 is 0 Å². The average molecular weight is 232 g/mol. The van der Waals surface area contributed by atoms with Crippen molar-refractivity contribution in [3.8, 4) is 0 Å². The molecule has 0 aliphatic heterocycles. The van der Waals surface area contributed by atoms with Crippen LogP contribution in [0.1, 0.15) is 44.2 Å². The Kier molecular flexibility index (Phi) is 2.98. The molecule has 0 unspecified atom stereocenters. The van der Waals surface area contributed by atoms with Crippen LogP contribution in [0.15, 0.2) is 24.3 Å². The van der Waals surface area contributed by atoms with Crippen molar-refractivity contribution in [2.75, 3.05) is 0 Å². The summed E-state index contributed by atoms with van der Waals surface area (Å²) in [5.41, 5.74) is 2.13. The van der Waals surface area contributed by atoms with Gasteiger partial charge in [-0.1, -0.05) is 29.8 Å². The Labute approximate surface area is 103 Å². The van der Waals surface area contributed by atoms with E-state index in [-0.39, 0.29) is 17.5 Å². The summed E-state index contributed by atoms with van der Waals surface area (Å²) in [6, 6.07) is 8.42. The zero-order valence-corrected chi connectivity index (χ0v) is 11.0. The van der Waals surface area contributed by atoms with Crippen LogP contribution in [0.4, 0.5) is 0 Å². The van der Waals surface area contributed by atoms with E-state index in [2.05, 4.69) is 31.2 Å². The number of aryl methyl sites for hydroxylation is 1. The first-order chi connectivity index (χ1) is 7.87. The average Bonchev–Trinajstić information content (AvgIpc) is 2.96. The Hall–Kier alpha value is -1.31. The number of benzene rings is 1. The Morgan fingerprint density at radius 1 is 1.24 bits per heavy atom. The maximum atomic E-state index is 11.8. The normalized spacial score (nSPS) is 23.3. The Balaban J connectivity index is 1.96. The zero-order chi connectivity index (χ0) is 12.6. The van der Waals surface area contributed by atoms with Gasteiger partial charge in [0.1, 0.15) is 5.60 Å². The van der Waals surface area contributed by atoms with E-state index in [9.17, 15) is 4.79 Å². The van der Waals surface area contributed by atoms with E-state index in [0.29, 0.717) is 5.92 Å². The van der Waals surface area contributed by atoms with Gasteiger partial charge in [0.15, 0.2) is 0 Å². The topological polar surface area (TPSA) is 26.3 Å². The van der Waals surface area contributed by atoms with Crippen LogP contribution in [0.5, 0.6) is 0 Å². The predicted octanol–water partition coefficient (Wildman–Crippen LogP) is 3.44. The lowest BCUT2D eigenvalue weighted by molar-refractivity contribution is -0.156. The maximum Gasteiger partial charge on any atom is 0.310 e. The van der Waals surface area contributed by atoms with Gasteiger partial charge in [0, 0.05) is 0 Å². The van der Waals surface area contributed by atoms with Gasteiger partial charge in [-0.15, -0.1) is 0 Å². The molecule has 1 aliphatic carbocycles. The summed E-state index contributed by atoms with van der Waals surface area (Å²) in [6.07, 6.45) is 0.929. The van der Waals surface area contributed by atoms with E-state index < -0.39 is 0 Å².